The molecular weight excluding hydrogens is 162 g/mol. The Kier molecular flexibility index (Phi) is 2.34. The molecule has 0 aromatic carbocycles. The standard InChI is InChI=1S/C10H17N3/c1-8(2)6-13-7-11-12-10(13)5-9-3-4-9/h7-9H,3-6H2,1-2H3. The van der Waals surface area contributed by atoms with Gasteiger partial charge in [-0.25, -0.2) is 0 Å². The van der Waals surface area contributed by atoms with Gasteiger partial charge in [0.1, 0.15) is 12.2 Å². The van der Waals surface area contributed by atoms with E-state index in [0.29, 0.717) is 5.92 Å². The van der Waals surface area contributed by atoms with Crippen molar-refractivity contribution in [3.63, 3.8) is 0 Å². The van der Waals surface area contributed by atoms with Crippen LogP contribution in [0.15, 0.2) is 6.33 Å². The number of hydrogen-bond donors (Lipinski definition) is 0. The van der Waals surface area contributed by atoms with Gasteiger partial charge in [-0.3, -0.25) is 0 Å². The number of nitrogens with zero attached hydrogens (tertiary/aromatic N) is 3. The summed E-state index contributed by atoms with van der Waals surface area (Å²) in [7, 11) is 0. The molecule has 0 aliphatic heterocycles. The molecule has 0 atom stereocenters. The zero-order valence-corrected chi connectivity index (χ0v) is 8.40. The molecule has 0 bridgehead atoms. The maximum absolute atomic E-state index is 4.16. The summed E-state index contributed by atoms with van der Waals surface area (Å²) in [5, 5.41) is 8.13. The summed E-state index contributed by atoms with van der Waals surface area (Å²) >= 11 is 0. The van der Waals surface area contributed by atoms with Crippen molar-refractivity contribution in [2.75, 3.05) is 0 Å². The van der Waals surface area contributed by atoms with E-state index >= 15 is 0 Å². The average molecular weight is 179 g/mol. The van der Waals surface area contributed by atoms with Crippen LogP contribution in [0.1, 0.15) is 32.5 Å². The van der Waals surface area contributed by atoms with Crippen LogP contribution in [0.3, 0.4) is 0 Å². The molecule has 1 aromatic rings. The second kappa shape index (κ2) is 3.48. The maximum Gasteiger partial charge on any atom is 0.133 e. The van der Waals surface area contributed by atoms with Crippen molar-refractivity contribution in [2.24, 2.45) is 11.8 Å². The molecule has 2 rings (SSSR count). The number of aromatic nitrogens is 3. The highest BCUT2D eigenvalue weighted by Gasteiger charge is 2.23. The molecule has 0 N–H and O–H groups in total. The predicted octanol–water partition coefficient (Wildman–Crippen LogP) is 1.89. The van der Waals surface area contributed by atoms with Gasteiger partial charge < -0.3 is 4.57 Å². The highest BCUT2D eigenvalue weighted by Crippen LogP contribution is 2.31. The van der Waals surface area contributed by atoms with Crippen molar-refractivity contribution in [3.8, 4) is 0 Å². The van der Waals surface area contributed by atoms with E-state index in [1.54, 1.807) is 0 Å². The molecule has 1 aliphatic rings. The monoisotopic (exact) mass is 179 g/mol. The summed E-state index contributed by atoms with van der Waals surface area (Å²) in [5.74, 6) is 2.75. The molecule has 0 saturated heterocycles. The van der Waals surface area contributed by atoms with Crippen LogP contribution in [0.25, 0.3) is 0 Å². The van der Waals surface area contributed by atoms with Crippen molar-refractivity contribution >= 4 is 0 Å². The molecule has 1 aromatic heterocycles. The SMILES string of the molecule is CC(C)Cn1cnnc1CC1CC1. The normalized spacial score (nSPS) is 16.8. The van der Waals surface area contributed by atoms with Crippen LogP contribution in [0.4, 0.5) is 0 Å². The molecule has 3 heteroatoms. The molecule has 0 spiro atoms. The van der Waals surface area contributed by atoms with Gasteiger partial charge in [0, 0.05) is 13.0 Å². The fourth-order valence-electron chi connectivity index (χ4n) is 1.56. The van der Waals surface area contributed by atoms with E-state index in [1.807, 2.05) is 6.33 Å². The Hall–Kier alpha value is -0.860. The average Bonchev–Trinajstić information content (AvgIpc) is 2.75. The van der Waals surface area contributed by atoms with Crippen LogP contribution in [0.2, 0.25) is 0 Å². The van der Waals surface area contributed by atoms with Crippen LogP contribution >= 0.6 is 0 Å². The van der Waals surface area contributed by atoms with Crippen molar-refractivity contribution in [2.45, 2.75) is 39.7 Å². The van der Waals surface area contributed by atoms with Gasteiger partial charge in [-0.1, -0.05) is 13.8 Å². The molecule has 3 nitrogen and oxygen atoms in total. The Morgan fingerprint density at radius 3 is 2.92 bits per heavy atom. The molecule has 1 heterocycles. The lowest BCUT2D eigenvalue weighted by Crippen LogP contribution is -2.08. The zero-order chi connectivity index (χ0) is 9.26. The highest BCUT2D eigenvalue weighted by molar-refractivity contribution is 4.92. The Labute approximate surface area is 79.2 Å². The summed E-state index contributed by atoms with van der Waals surface area (Å²) in [5.41, 5.74) is 0. The van der Waals surface area contributed by atoms with Gasteiger partial charge in [-0.15, -0.1) is 10.2 Å². The Morgan fingerprint density at radius 1 is 1.54 bits per heavy atom. The fourth-order valence-corrected chi connectivity index (χ4v) is 1.56. The molecule has 1 aliphatic carbocycles. The van der Waals surface area contributed by atoms with Gasteiger partial charge >= 0.3 is 0 Å². The van der Waals surface area contributed by atoms with Gasteiger partial charge in [-0.2, -0.15) is 0 Å². The van der Waals surface area contributed by atoms with Crippen LogP contribution in [0, 0.1) is 11.8 Å². The quantitative estimate of drug-likeness (QED) is 0.706. The van der Waals surface area contributed by atoms with Crippen LogP contribution in [-0.4, -0.2) is 14.8 Å². The number of hydrogen-bond acceptors (Lipinski definition) is 2. The smallest absolute Gasteiger partial charge is 0.133 e. The number of rotatable bonds is 4. The third-order valence-electron chi connectivity index (χ3n) is 2.43. The predicted molar refractivity (Wildman–Crippen MR) is 51.3 cm³/mol. The zero-order valence-electron chi connectivity index (χ0n) is 8.40. The Bertz CT molecular complexity index is 255. The third kappa shape index (κ3) is 2.29. The van der Waals surface area contributed by atoms with Gasteiger partial charge in [0.15, 0.2) is 0 Å². The summed E-state index contributed by atoms with van der Waals surface area (Å²) in [6.07, 6.45) is 5.76. The molecule has 0 unspecified atom stereocenters. The van der Waals surface area contributed by atoms with E-state index in [2.05, 4.69) is 28.6 Å². The largest absolute Gasteiger partial charge is 0.317 e. The molecule has 0 amide bonds. The third-order valence-corrected chi connectivity index (χ3v) is 2.43. The van der Waals surface area contributed by atoms with E-state index in [1.165, 1.54) is 18.7 Å². The molecule has 0 radical (unpaired) electrons. The summed E-state index contributed by atoms with van der Waals surface area (Å²) in [6, 6.07) is 0. The molecular formula is C10H17N3. The Balaban J connectivity index is 2.01. The van der Waals surface area contributed by atoms with E-state index in [4.69, 9.17) is 0 Å². The first-order chi connectivity index (χ1) is 6.25. The lowest BCUT2D eigenvalue weighted by molar-refractivity contribution is 0.501. The van der Waals surface area contributed by atoms with Crippen molar-refractivity contribution < 1.29 is 0 Å². The second-order valence-corrected chi connectivity index (χ2v) is 4.44. The first kappa shape index (κ1) is 8.73. The molecule has 13 heavy (non-hydrogen) atoms. The van der Waals surface area contributed by atoms with Crippen LogP contribution in [-0.2, 0) is 13.0 Å². The minimum absolute atomic E-state index is 0.675. The topological polar surface area (TPSA) is 30.7 Å². The summed E-state index contributed by atoms with van der Waals surface area (Å²) in [4.78, 5) is 0. The first-order valence-corrected chi connectivity index (χ1v) is 5.12. The van der Waals surface area contributed by atoms with E-state index in [9.17, 15) is 0 Å². The van der Waals surface area contributed by atoms with Gasteiger partial charge in [-0.05, 0) is 24.7 Å². The van der Waals surface area contributed by atoms with E-state index in [0.717, 1.165) is 18.9 Å². The molecule has 1 fully saturated rings. The van der Waals surface area contributed by atoms with Crippen LogP contribution < -0.4 is 0 Å². The minimum Gasteiger partial charge on any atom is -0.317 e. The summed E-state index contributed by atoms with van der Waals surface area (Å²) < 4.78 is 2.20. The summed E-state index contributed by atoms with van der Waals surface area (Å²) in [6.45, 7) is 5.50. The van der Waals surface area contributed by atoms with Crippen molar-refractivity contribution in [3.05, 3.63) is 12.2 Å². The van der Waals surface area contributed by atoms with Gasteiger partial charge in [0.05, 0.1) is 0 Å². The minimum atomic E-state index is 0.675. The second-order valence-electron chi connectivity index (χ2n) is 4.44. The van der Waals surface area contributed by atoms with Crippen LogP contribution in [0.5, 0.6) is 0 Å². The first-order valence-electron chi connectivity index (χ1n) is 5.12. The lowest BCUT2D eigenvalue weighted by atomic mass is 10.2. The van der Waals surface area contributed by atoms with Gasteiger partial charge in [0.2, 0.25) is 0 Å². The van der Waals surface area contributed by atoms with E-state index < -0.39 is 0 Å². The van der Waals surface area contributed by atoms with Gasteiger partial charge in [0.25, 0.3) is 0 Å². The van der Waals surface area contributed by atoms with Crippen molar-refractivity contribution in [1.29, 1.82) is 0 Å². The molecule has 1 saturated carbocycles. The Morgan fingerprint density at radius 2 is 2.31 bits per heavy atom. The highest BCUT2D eigenvalue weighted by atomic mass is 15.3. The molecule has 72 valence electrons. The van der Waals surface area contributed by atoms with E-state index in [-0.39, 0.29) is 0 Å². The maximum atomic E-state index is 4.16. The lowest BCUT2D eigenvalue weighted by Gasteiger charge is -2.08. The fraction of sp³-hybridized carbons (Fsp3) is 0.800. The van der Waals surface area contributed by atoms with Crippen molar-refractivity contribution in [1.82, 2.24) is 14.8 Å².